The number of rotatable bonds is 6. The van der Waals surface area contributed by atoms with Crippen molar-refractivity contribution in [1.82, 2.24) is 29.8 Å². The van der Waals surface area contributed by atoms with Crippen molar-refractivity contribution < 1.29 is 0 Å². The molecule has 0 saturated heterocycles. The third kappa shape index (κ3) is 4.04. The van der Waals surface area contributed by atoms with Crippen molar-refractivity contribution in [3.8, 4) is 0 Å². The average Bonchev–Trinajstić information content (AvgIpc) is 3.13. The Labute approximate surface area is 154 Å². The number of fused-ring (bicyclic) bond motifs is 1. The summed E-state index contributed by atoms with van der Waals surface area (Å²) in [6.07, 6.45) is 4.93. The second-order valence-electron chi connectivity index (χ2n) is 6.34. The Morgan fingerprint density at radius 3 is 2.77 bits per heavy atom. The van der Waals surface area contributed by atoms with Crippen LogP contribution in [0.25, 0.3) is 5.65 Å². The zero-order valence-corrected chi connectivity index (χ0v) is 16.0. The molecule has 0 unspecified atom stereocenters. The van der Waals surface area contributed by atoms with E-state index in [-0.39, 0.29) is 0 Å². The second-order valence-corrected chi connectivity index (χ2v) is 6.34. The summed E-state index contributed by atoms with van der Waals surface area (Å²) in [5.74, 6) is 0.818. The number of hydrogen-bond acceptors (Lipinski definition) is 3. The molecule has 2 N–H and O–H groups in total. The molecule has 0 saturated carbocycles. The van der Waals surface area contributed by atoms with Gasteiger partial charge in [-0.25, -0.2) is 9.98 Å². The maximum atomic E-state index is 4.71. The standard InChI is InChI=1S/C19H27N7/c1-5-20-19(22-12-17-14(2)24-25(4)15(17)3)21-10-9-16-13-26-11-7-6-8-18(26)23-16/h6-8,11,13H,5,9-10,12H2,1-4H3,(H2,20,21,22). The lowest BCUT2D eigenvalue weighted by molar-refractivity contribution is 0.729. The van der Waals surface area contributed by atoms with Crippen LogP contribution in [0.1, 0.15) is 29.6 Å². The Hall–Kier alpha value is -2.83. The first kappa shape index (κ1) is 18.0. The predicted octanol–water partition coefficient (Wildman–Crippen LogP) is 1.98. The van der Waals surface area contributed by atoms with Crippen LogP contribution < -0.4 is 10.6 Å². The Bertz CT molecular complexity index is 871. The number of aliphatic imine (C=N–C) groups is 1. The minimum absolute atomic E-state index is 0.620. The summed E-state index contributed by atoms with van der Waals surface area (Å²) in [4.78, 5) is 9.33. The third-order valence-corrected chi connectivity index (χ3v) is 4.49. The molecule has 7 heteroatoms. The molecule has 0 atom stereocenters. The molecular weight excluding hydrogens is 326 g/mol. The highest BCUT2D eigenvalue weighted by molar-refractivity contribution is 5.79. The van der Waals surface area contributed by atoms with Gasteiger partial charge in [-0.1, -0.05) is 6.07 Å². The number of pyridine rings is 1. The Balaban J connectivity index is 1.60. The minimum Gasteiger partial charge on any atom is -0.357 e. The summed E-state index contributed by atoms with van der Waals surface area (Å²) in [7, 11) is 1.97. The molecule has 3 aromatic heterocycles. The molecule has 0 radical (unpaired) electrons. The number of hydrogen-bond donors (Lipinski definition) is 2. The smallest absolute Gasteiger partial charge is 0.191 e. The van der Waals surface area contributed by atoms with Crippen molar-refractivity contribution in [2.75, 3.05) is 13.1 Å². The van der Waals surface area contributed by atoms with Crippen molar-refractivity contribution >= 4 is 11.6 Å². The van der Waals surface area contributed by atoms with Crippen molar-refractivity contribution in [2.24, 2.45) is 12.0 Å². The molecule has 7 nitrogen and oxygen atoms in total. The van der Waals surface area contributed by atoms with Crippen molar-refractivity contribution in [3.63, 3.8) is 0 Å². The molecule has 0 aliphatic carbocycles. The SMILES string of the molecule is CCNC(=NCc1c(C)nn(C)c1C)NCCc1cn2ccccc2n1. The molecule has 0 fully saturated rings. The maximum absolute atomic E-state index is 4.71. The highest BCUT2D eigenvalue weighted by atomic mass is 15.3. The van der Waals surface area contributed by atoms with Gasteiger partial charge >= 0.3 is 0 Å². The highest BCUT2D eigenvalue weighted by Crippen LogP contribution is 2.12. The predicted molar refractivity (Wildman–Crippen MR) is 104 cm³/mol. The molecule has 26 heavy (non-hydrogen) atoms. The lowest BCUT2D eigenvalue weighted by atomic mass is 10.2. The third-order valence-electron chi connectivity index (χ3n) is 4.49. The van der Waals surface area contributed by atoms with Crippen molar-refractivity contribution in [3.05, 3.63) is 53.2 Å². The first-order valence-corrected chi connectivity index (χ1v) is 9.02. The van der Waals surface area contributed by atoms with E-state index in [4.69, 9.17) is 4.99 Å². The summed E-state index contributed by atoms with van der Waals surface area (Å²) < 4.78 is 3.95. The van der Waals surface area contributed by atoms with Gasteiger partial charge in [-0.3, -0.25) is 4.68 Å². The van der Waals surface area contributed by atoms with Gasteiger partial charge in [0.1, 0.15) is 5.65 Å². The lowest BCUT2D eigenvalue weighted by Crippen LogP contribution is -2.38. The van der Waals surface area contributed by atoms with Gasteiger partial charge in [0.05, 0.1) is 17.9 Å². The van der Waals surface area contributed by atoms with E-state index in [1.807, 2.05) is 47.4 Å². The molecular formula is C19H27N7. The molecule has 3 rings (SSSR count). The summed E-state index contributed by atoms with van der Waals surface area (Å²) in [5, 5.41) is 11.1. The van der Waals surface area contributed by atoms with Gasteiger partial charge in [-0.15, -0.1) is 0 Å². The number of nitrogens with zero attached hydrogens (tertiary/aromatic N) is 5. The van der Waals surface area contributed by atoms with Gasteiger partial charge in [0.2, 0.25) is 0 Å². The molecule has 0 spiro atoms. The van der Waals surface area contributed by atoms with E-state index in [9.17, 15) is 0 Å². The molecule has 3 heterocycles. The van der Waals surface area contributed by atoms with Crippen LogP contribution in [0, 0.1) is 13.8 Å². The van der Waals surface area contributed by atoms with E-state index in [1.54, 1.807) is 0 Å². The second kappa shape index (κ2) is 8.03. The summed E-state index contributed by atoms with van der Waals surface area (Å²) in [5.41, 5.74) is 5.43. The Kier molecular flexibility index (Phi) is 5.55. The van der Waals surface area contributed by atoms with E-state index in [0.29, 0.717) is 6.54 Å². The van der Waals surface area contributed by atoms with Gasteiger partial charge in [0.15, 0.2) is 5.96 Å². The van der Waals surface area contributed by atoms with Gasteiger partial charge in [0, 0.05) is 50.2 Å². The van der Waals surface area contributed by atoms with E-state index >= 15 is 0 Å². The zero-order chi connectivity index (χ0) is 18.5. The fourth-order valence-electron chi connectivity index (χ4n) is 2.96. The summed E-state index contributed by atoms with van der Waals surface area (Å²) in [6.45, 7) is 8.40. The van der Waals surface area contributed by atoms with Crippen molar-refractivity contribution in [1.29, 1.82) is 0 Å². The van der Waals surface area contributed by atoms with E-state index in [0.717, 1.165) is 48.2 Å². The van der Waals surface area contributed by atoms with Gasteiger partial charge < -0.3 is 15.0 Å². The normalized spacial score (nSPS) is 11.9. The van der Waals surface area contributed by atoms with Crippen LogP contribution in [0.5, 0.6) is 0 Å². The fourth-order valence-corrected chi connectivity index (χ4v) is 2.96. The quantitative estimate of drug-likeness (QED) is 0.525. The molecule has 0 bridgehead atoms. The van der Waals surface area contributed by atoms with Crippen LogP contribution >= 0.6 is 0 Å². The van der Waals surface area contributed by atoms with E-state index in [2.05, 4.69) is 40.8 Å². The van der Waals surface area contributed by atoms with Gasteiger partial charge in [-0.2, -0.15) is 5.10 Å². The van der Waals surface area contributed by atoms with E-state index < -0.39 is 0 Å². The Morgan fingerprint density at radius 1 is 1.23 bits per heavy atom. The monoisotopic (exact) mass is 353 g/mol. The zero-order valence-electron chi connectivity index (χ0n) is 16.0. The summed E-state index contributed by atoms with van der Waals surface area (Å²) in [6, 6.07) is 6.03. The van der Waals surface area contributed by atoms with Gasteiger partial charge in [-0.05, 0) is 32.9 Å². The van der Waals surface area contributed by atoms with Crippen molar-refractivity contribution in [2.45, 2.75) is 33.7 Å². The first-order valence-electron chi connectivity index (χ1n) is 9.02. The fraction of sp³-hybridized carbons (Fsp3) is 0.421. The number of nitrogens with one attached hydrogen (secondary N) is 2. The number of aromatic nitrogens is 4. The molecule has 0 aliphatic heterocycles. The minimum atomic E-state index is 0.620. The average molecular weight is 353 g/mol. The van der Waals surface area contributed by atoms with Crippen LogP contribution in [0.4, 0.5) is 0 Å². The van der Waals surface area contributed by atoms with Crippen LogP contribution in [0.3, 0.4) is 0 Å². The van der Waals surface area contributed by atoms with Crippen LogP contribution in [0.2, 0.25) is 0 Å². The topological polar surface area (TPSA) is 71.5 Å². The highest BCUT2D eigenvalue weighted by Gasteiger charge is 2.09. The largest absolute Gasteiger partial charge is 0.357 e. The maximum Gasteiger partial charge on any atom is 0.191 e. The van der Waals surface area contributed by atoms with E-state index in [1.165, 1.54) is 5.56 Å². The number of guanidine groups is 1. The molecule has 3 aromatic rings. The van der Waals surface area contributed by atoms with Gasteiger partial charge in [0.25, 0.3) is 0 Å². The van der Waals surface area contributed by atoms with Crippen LogP contribution in [-0.2, 0) is 20.0 Å². The lowest BCUT2D eigenvalue weighted by Gasteiger charge is -2.10. The first-order chi connectivity index (χ1) is 12.6. The van der Waals surface area contributed by atoms with Crippen LogP contribution in [0.15, 0.2) is 35.6 Å². The number of aryl methyl sites for hydroxylation is 2. The summed E-state index contributed by atoms with van der Waals surface area (Å²) >= 11 is 0. The Morgan fingerprint density at radius 2 is 2.08 bits per heavy atom. The number of imidazole rings is 1. The molecule has 0 aromatic carbocycles. The molecule has 0 aliphatic rings. The van der Waals surface area contributed by atoms with Crippen LogP contribution in [-0.4, -0.2) is 38.2 Å². The molecule has 0 amide bonds. The molecule has 138 valence electrons.